The molecule has 0 unspecified atom stereocenters. The maximum Gasteiger partial charge on any atom is 0.169 e. The number of rotatable bonds is 0. The van der Waals surface area contributed by atoms with Crippen LogP contribution in [0, 0.1) is 0 Å². The number of carbonyl (C=O) groups excluding carboxylic acids is 1. The average molecular weight is 116 g/mol. The van der Waals surface area contributed by atoms with E-state index in [2.05, 4.69) is 0 Å². The van der Waals surface area contributed by atoms with Gasteiger partial charge in [0.2, 0.25) is 0 Å². The normalized spacial score (nSPS) is 26.5. The molecule has 1 fully saturated rings. The molecule has 0 aromatic carbocycles. The largest absolute Gasteiger partial charge is 0.365 e. The second-order valence-corrected chi connectivity index (χ2v) is 2.20. The van der Waals surface area contributed by atoms with E-state index in [1.54, 1.807) is 0 Å². The van der Waals surface area contributed by atoms with Crippen LogP contribution < -0.4 is 0 Å². The molecule has 1 aliphatic carbocycles. The Kier molecular flexibility index (Phi) is 1.10. The van der Waals surface area contributed by atoms with E-state index in [1.807, 2.05) is 0 Å². The Balaban J connectivity index is 2.56. The number of carbonyl (C=O) groups is 1. The summed E-state index contributed by atoms with van der Waals surface area (Å²) in [5, 5.41) is 17.4. The van der Waals surface area contributed by atoms with Crippen molar-refractivity contribution in [2.24, 2.45) is 0 Å². The predicted octanol–water partition coefficient (Wildman–Crippen LogP) is -0.580. The first-order chi connectivity index (χ1) is 3.60. The minimum Gasteiger partial charge on any atom is -0.365 e. The van der Waals surface area contributed by atoms with Gasteiger partial charge in [-0.05, 0) is 0 Å². The van der Waals surface area contributed by atoms with Gasteiger partial charge in [-0.3, -0.25) is 4.79 Å². The summed E-state index contributed by atoms with van der Waals surface area (Å²) in [6.45, 7) is 0. The SMILES string of the molecule is O=C1CCC(O)(O)C1. The van der Waals surface area contributed by atoms with Gasteiger partial charge in [-0.25, -0.2) is 0 Å². The van der Waals surface area contributed by atoms with Crippen LogP contribution in [0.5, 0.6) is 0 Å². The third-order valence-electron chi connectivity index (χ3n) is 1.28. The van der Waals surface area contributed by atoms with Crippen LogP contribution in [0.3, 0.4) is 0 Å². The van der Waals surface area contributed by atoms with Gasteiger partial charge >= 0.3 is 0 Å². The van der Waals surface area contributed by atoms with Crippen molar-refractivity contribution >= 4 is 5.78 Å². The summed E-state index contributed by atoms with van der Waals surface area (Å²) >= 11 is 0. The van der Waals surface area contributed by atoms with E-state index in [9.17, 15) is 4.79 Å². The molecule has 3 nitrogen and oxygen atoms in total. The molecule has 0 amide bonds. The molecule has 1 aliphatic rings. The molecule has 1 rings (SSSR count). The molecule has 0 spiro atoms. The minimum atomic E-state index is -1.68. The van der Waals surface area contributed by atoms with Crippen molar-refractivity contribution in [1.82, 2.24) is 0 Å². The Labute approximate surface area is 46.9 Å². The van der Waals surface area contributed by atoms with E-state index in [1.165, 1.54) is 0 Å². The lowest BCUT2D eigenvalue weighted by molar-refractivity contribution is -0.156. The fourth-order valence-corrected chi connectivity index (χ4v) is 0.832. The summed E-state index contributed by atoms with van der Waals surface area (Å²) < 4.78 is 0. The summed E-state index contributed by atoms with van der Waals surface area (Å²) in [5.74, 6) is -1.74. The van der Waals surface area contributed by atoms with Gasteiger partial charge in [0.05, 0.1) is 6.42 Å². The van der Waals surface area contributed by atoms with Gasteiger partial charge in [0.15, 0.2) is 5.79 Å². The average Bonchev–Trinajstić information content (AvgIpc) is 1.82. The Hall–Kier alpha value is -0.410. The fourth-order valence-electron chi connectivity index (χ4n) is 0.832. The summed E-state index contributed by atoms with van der Waals surface area (Å²) in [5.41, 5.74) is 0. The van der Waals surface area contributed by atoms with E-state index in [4.69, 9.17) is 10.2 Å². The second-order valence-electron chi connectivity index (χ2n) is 2.20. The zero-order valence-electron chi connectivity index (χ0n) is 4.42. The van der Waals surface area contributed by atoms with Crippen molar-refractivity contribution in [2.45, 2.75) is 25.0 Å². The molecule has 0 bridgehead atoms. The minimum absolute atomic E-state index is 0.0602. The number of ketones is 1. The third kappa shape index (κ3) is 1.05. The molecule has 0 heterocycles. The quantitative estimate of drug-likeness (QED) is 0.416. The van der Waals surface area contributed by atoms with Crippen molar-refractivity contribution in [1.29, 1.82) is 0 Å². The van der Waals surface area contributed by atoms with E-state index in [0.29, 0.717) is 6.42 Å². The predicted molar refractivity (Wildman–Crippen MR) is 26.0 cm³/mol. The third-order valence-corrected chi connectivity index (χ3v) is 1.28. The van der Waals surface area contributed by atoms with Gasteiger partial charge < -0.3 is 10.2 Å². The van der Waals surface area contributed by atoms with Crippen LogP contribution in [-0.2, 0) is 4.79 Å². The second kappa shape index (κ2) is 1.53. The monoisotopic (exact) mass is 116 g/mol. The Bertz CT molecular complexity index is 117. The molecule has 46 valence electrons. The number of hydrogen-bond acceptors (Lipinski definition) is 3. The van der Waals surface area contributed by atoms with Crippen molar-refractivity contribution in [2.75, 3.05) is 0 Å². The van der Waals surface area contributed by atoms with E-state index in [0.717, 1.165) is 0 Å². The highest BCUT2D eigenvalue weighted by Gasteiger charge is 2.33. The van der Waals surface area contributed by atoms with Gasteiger partial charge in [-0.1, -0.05) is 0 Å². The zero-order chi connectivity index (χ0) is 6.20. The number of Topliss-reactive ketones (excluding diaryl/α,β-unsaturated/α-hetero) is 1. The van der Waals surface area contributed by atoms with Crippen molar-refractivity contribution in [3.8, 4) is 0 Å². The van der Waals surface area contributed by atoms with Crippen LogP contribution in [0.4, 0.5) is 0 Å². The van der Waals surface area contributed by atoms with E-state index in [-0.39, 0.29) is 18.6 Å². The summed E-state index contributed by atoms with van der Waals surface area (Å²) in [7, 11) is 0. The van der Waals surface area contributed by atoms with Crippen molar-refractivity contribution in [3.05, 3.63) is 0 Å². The van der Waals surface area contributed by atoms with Crippen LogP contribution >= 0.6 is 0 Å². The highest BCUT2D eigenvalue weighted by Crippen LogP contribution is 2.22. The Morgan fingerprint density at radius 3 is 2.25 bits per heavy atom. The van der Waals surface area contributed by atoms with Gasteiger partial charge in [-0.2, -0.15) is 0 Å². The first-order valence-corrected chi connectivity index (χ1v) is 2.57. The number of hydrogen-bond donors (Lipinski definition) is 2. The van der Waals surface area contributed by atoms with Gasteiger partial charge in [0.25, 0.3) is 0 Å². The van der Waals surface area contributed by atoms with E-state index < -0.39 is 5.79 Å². The lowest BCUT2D eigenvalue weighted by Gasteiger charge is -2.10. The first kappa shape index (κ1) is 5.72. The molecular formula is C5H8O3. The molecule has 0 atom stereocenters. The summed E-state index contributed by atoms with van der Waals surface area (Å²) in [6.07, 6.45) is 0.422. The van der Waals surface area contributed by atoms with Gasteiger partial charge in [0, 0.05) is 12.8 Å². The maximum atomic E-state index is 10.3. The highest BCUT2D eigenvalue weighted by atomic mass is 16.5. The van der Waals surface area contributed by atoms with Gasteiger partial charge in [-0.15, -0.1) is 0 Å². The molecule has 1 saturated carbocycles. The lowest BCUT2D eigenvalue weighted by Crippen LogP contribution is -2.23. The molecule has 0 aliphatic heterocycles. The van der Waals surface area contributed by atoms with Crippen molar-refractivity contribution < 1.29 is 15.0 Å². The highest BCUT2D eigenvalue weighted by molar-refractivity contribution is 5.81. The molecule has 0 radical (unpaired) electrons. The van der Waals surface area contributed by atoms with Crippen LogP contribution in [0.25, 0.3) is 0 Å². The molecular weight excluding hydrogens is 108 g/mol. The van der Waals surface area contributed by atoms with Crippen LogP contribution in [0.1, 0.15) is 19.3 Å². The molecule has 8 heavy (non-hydrogen) atoms. The van der Waals surface area contributed by atoms with Gasteiger partial charge in [0.1, 0.15) is 5.78 Å². The van der Waals surface area contributed by atoms with Crippen LogP contribution in [0.2, 0.25) is 0 Å². The van der Waals surface area contributed by atoms with Crippen LogP contribution in [0.15, 0.2) is 0 Å². The molecule has 2 N–H and O–H groups in total. The standard InChI is InChI=1S/C5H8O3/c6-4-1-2-5(7,8)3-4/h7-8H,1-3H2. The Morgan fingerprint density at radius 2 is 2.12 bits per heavy atom. The molecule has 0 aromatic heterocycles. The fraction of sp³-hybridized carbons (Fsp3) is 0.800. The maximum absolute atomic E-state index is 10.3. The van der Waals surface area contributed by atoms with E-state index >= 15 is 0 Å². The summed E-state index contributed by atoms with van der Waals surface area (Å²) in [6, 6.07) is 0. The molecule has 3 heteroatoms. The summed E-state index contributed by atoms with van der Waals surface area (Å²) in [4.78, 5) is 10.3. The zero-order valence-corrected chi connectivity index (χ0v) is 4.42. The number of aliphatic hydroxyl groups is 2. The van der Waals surface area contributed by atoms with Crippen molar-refractivity contribution in [3.63, 3.8) is 0 Å². The Morgan fingerprint density at radius 1 is 1.50 bits per heavy atom. The molecule has 0 saturated heterocycles. The molecule has 0 aromatic rings. The smallest absolute Gasteiger partial charge is 0.169 e. The van der Waals surface area contributed by atoms with Crippen LogP contribution in [-0.4, -0.2) is 21.8 Å². The lowest BCUT2D eigenvalue weighted by atomic mass is 10.2. The first-order valence-electron chi connectivity index (χ1n) is 2.57. The topological polar surface area (TPSA) is 57.5 Å².